The number of nitrogens with zero attached hydrogens (tertiary/aromatic N) is 1. The molecular formula is C27H41N3O6. The quantitative estimate of drug-likeness (QED) is 0.498. The van der Waals surface area contributed by atoms with Gasteiger partial charge in [-0.3, -0.25) is 9.59 Å². The van der Waals surface area contributed by atoms with E-state index in [1.165, 1.54) is 4.90 Å². The average molecular weight is 504 g/mol. The molecule has 200 valence electrons. The maximum Gasteiger partial charge on any atom is 0.408 e. The maximum absolute atomic E-state index is 13.4. The molecule has 2 atom stereocenters. The fourth-order valence-corrected chi connectivity index (χ4v) is 4.04. The Hall–Kier alpha value is -3.10. The average Bonchev–Trinajstić information content (AvgIpc) is 3.25. The molecule has 1 saturated heterocycles. The highest BCUT2D eigenvalue weighted by Crippen LogP contribution is 2.24. The molecule has 0 saturated carbocycles. The summed E-state index contributed by atoms with van der Waals surface area (Å²) in [5.74, 6) is -1.22. The second kappa shape index (κ2) is 12.2. The molecule has 0 aromatic heterocycles. The molecular weight excluding hydrogens is 462 g/mol. The minimum atomic E-state index is -1.30. The summed E-state index contributed by atoms with van der Waals surface area (Å²) in [6.45, 7) is 12.9. The Morgan fingerprint density at radius 3 is 2.28 bits per heavy atom. The third-order valence-corrected chi connectivity index (χ3v) is 5.69. The van der Waals surface area contributed by atoms with Crippen LogP contribution in [0.15, 0.2) is 30.3 Å². The monoisotopic (exact) mass is 503 g/mol. The molecule has 1 aliphatic rings. The number of alkyl carbamates (subject to hydrolysis) is 1. The summed E-state index contributed by atoms with van der Waals surface area (Å²) < 4.78 is 10.8. The van der Waals surface area contributed by atoms with Crippen LogP contribution in [0.4, 0.5) is 4.79 Å². The largest absolute Gasteiger partial charge is 0.458 e. The van der Waals surface area contributed by atoms with E-state index in [0.717, 1.165) is 5.56 Å². The van der Waals surface area contributed by atoms with Crippen molar-refractivity contribution in [2.24, 2.45) is 5.92 Å². The Labute approximate surface area is 214 Å². The highest BCUT2D eigenvalue weighted by atomic mass is 16.6. The van der Waals surface area contributed by atoms with Gasteiger partial charge in [0, 0.05) is 6.54 Å². The SMILES string of the molecule is CC(C)C[C@H](NC(=O)OCc1ccccc1)C(=O)NC(C)(C)C(=O)N1CCCC1C(=O)OC(C)(C)C. The Morgan fingerprint density at radius 1 is 1.06 bits per heavy atom. The number of amides is 3. The number of nitrogens with one attached hydrogen (secondary N) is 2. The lowest BCUT2D eigenvalue weighted by Crippen LogP contribution is -2.61. The zero-order valence-corrected chi connectivity index (χ0v) is 22.6. The van der Waals surface area contributed by atoms with Crippen molar-refractivity contribution in [3.8, 4) is 0 Å². The van der Waals surface area contributed by atoms with Crippen LogP contribution in [0.1, 0.15) is 73.3 Å². The van der Waals surface area contributed by atoms with Crippen LogP contribution in [0, 0.1) is 5.92 Å². The van der Waals surface area contributed by atoms with E-state index in [4.69, 9.17) is 9.47 Å². The summed E-state index contributed by atoms with van der Waals surface area (Å²) in [6.07, 6.45) is 0.828. The lowest BCUT2D eigenvalue weighted by atomic mass is 9.99. The molecule has 1 aromatic rings. The smallest absolute Gasteiger partial charge is 0.408 e. The van der Waals surface area contributed by atoms with Gasteiger partial charge in [-0.05, 0) is 65.4 Å². The van der Waals surface area contributed by atoms with Gasteiger partial charge in [0.05, 0.1) is 0 Å². The topological polar surface area (TPSA) is 114 Å². The lowest BCUT2D eigenvalue weighted by Gasteiger charge is -2.34. The molecule has 2 N–H and O–H groups in total. The summed E-state index contributed by atoms with van der Waals surface area (Å²) in [4.78, 5) is 53.2. The van der Waals surface area contributed by atoms with Gasteiger partial charge >= 0.3 is 12.1 Å². The zero-order chi connectivity index (χ0) is 27.1. The van der Waals surface area contributed by atoms with E-state index in [0.29, 0.717) is 25.8 Å². The predicted molar refractivity (Wildman–Crippen MR) is 136 cm³/mol. The molecule has 0 radical (unpaired) electrons. The van der Waals surface area contributed by atoms with Crippen LogP contribution in [-0.4, -0.2) is 58.5 Å². The van der Waals surface area contributed by atoms with E-state index in [9.17, 15) is 19.2 Å². The number of hydrogen-bond donors (Lipinski definition) is 2. The van der Waals surface area contributed by atoms with Crippen LogP contribution in [0.2, 0.25) is 0 Å². The Balaban J connectivity index is 2.04. The van der Waals surface area contributed by atoms with Crippen molar-refractivity contribution in [3.05, 3.63) is 35.9 Å². The highest BCUT2D eigenvalue weighted by Gasteiger charge is 2.43. The van der Waals surface area contributed by atoms with Crippen molar-refractivity contribution in [2.75, 3.05) is 6.54 Å². The summed E-state index contributed by atoms with van der Waals surface area (Å²) in [5.41, 5.74) is -1.13. The minimum Gasteiger partial charge on any atom is -0.458 e. The number of ether oxygens (including phenoxy) is 2. The first-order chi connectivity index (χ1) is 16.7. The summed E-state index contributed by atoms with van der Waals surface area (Å²) >= 11 is 0. The Kier molecular flexibility index (Phi) is 9.90. The first-order valence-corrected chi connectivity index (χ1v) is 12.5. The van der Waals surface area contributed by atoms with Gasteiger partial charge in [0.1, 0.15) is 29.8 Å². The third kappa shape index (κ3) is 8.84. The standard InChI is InChI=1S/C27H41N3O6/c1-18(2)16-20(28-25(34)35-17-19-12-9-8-10-13-19)22(31)29-27(6,7)24(33)30-15-11-14-21(30)23(32)36-26(3,4)5/h8-10,12-13,18,20-21H,11,14-17H2,1-7H3,(H,28,34)(H,29,31)/t20-,21?/m0/s1. The number of likely N-dealkylation sites (tertiary alicyclic amines) is 1. The van der Waals surface area contributed by atoms with E-state index >= 15 is 0 Å². The van der Waals surface area contributed by atoms with Crippen molar-refractivity contribution in [1.82, 2.24) is 15.5 Å². The van der Waals surface area contributed by atoms with Crippen LogP contribution in [-0.2, 0) is 30.5 Å². The molecule has 2 rings (SSSR count). The van der Waals surface area contributed by atoms with Crippen molar-refractivity contribution >= 4 is 23.9 Å². The van der Waals surface area contributed by atoms with Crippen LogP contribution < -0.4 is 10.6 Å². The fraction of sp³-hybridized carbons (Fsp3) is 0.630. The van der Waals surface area contributed by atoms with Gasteiger partial charge in [0.25, 0.3) is 0 Å². The number of benzene rings is 1. The van der Waals surface area contributed by atoms with Gasteiger partial charge < -0.3 is 25.0 Å². The maximum atomic E-state index is 13.4. The van der Waals surface area contributed by atoms with E-state index in [1.54, 1.807) is 34.6 Å². The van der Waals surface area contributed by atoms with Crippen molar-refractivity contribution in [1.29, 1.82) is 0 Å². The van der Waals surface area contributed by atoms with Gasteiger partial charge in [-0.2, -0.15) is 0 Å². The van der Waals surface area contributed by atoms with E-state index in [-0.39, 0.29) is 18.4 Å². The number of carbonyl (C=O) groups is 4. The predicted octanol–water partition coefficient (Wildman–Crippen LogP) is 3.56. The van der Waals surface area contributed by atoms with Gasteiger partial charge in [-0.25, -0.2) is 9.59 Å². The molecule has 0 aliphatic carbocycles. The molecule has 36 heavy (non-hydrogen) atoms. The van der Waals surface area contributed by atoms with Crippen LogP contribution in [0.3, 0.4) is 0 Å². The van der Waals surface area contributed by atoms with E-state index in [2.05, 4.69) is 10.6 Å². The van der Waals surface area contributed by atoms with Gasteiger partial charge in [-0.15, -0.1) is 0 Å². The lowest BCUT2D eigenvalue weighted by molar-refractivity contribution is -0.164. The van der Waals surface area contributed by atoms with Crippen LogP contribution >= 0.6 is 0 Å². The second-order valence-corrected chi connectivity index (χ2v) is 11.2. The van der Waals surface area contributed by atoms with Gasteiger partial charge in [0.2, 0.25) is 11.8 Å². The molecule has 1 unspecified atom stereocenters. The third-order valence-electron chi connectivity index (χ3n) is 5.69. The Bertz CT molecular complexity index is 923. The molecule has 0 spiro atoms. The second-order valence-electron chi connectivity index (χ2n) is 11.2. The van der Waals surface area contributed by atoms with E-state index < -0.39 is 41.2 Å². The number of esters is 1. The number of carbonyl (C=O) groups excluding carboxylic acids is 4. The molecule has 9 nitrogen and oxygen atoms in total. The number of hydrogen-bond acceptors (Lipinski definition) is 6. The molecule has 9 heteroatoms. The fourth-order valence-electron chi connectivity index (χ4n) is 4.04. The van der Waals surface area contributed by atoms with Gasteiger partial charge in [-0.1, -0.05) is 44.2 Å². The first kappa shape index (κ1) is 29.1. The molecule has 1 aromatic carbocycles. The van der Waals surface area contributed by atoms with Crippen LogP contribution in [0.5, 0.6) is 0 Å². The van der Waals surface area contributed by atoms with E-state index in [1.807, 2.05) is 44.2 Å². The van der Waals surface area contributed by atoms with Crippen molar-refractivity contribution in [2.45, 2.75) is 97.6 Å². The molecule has 1 fully saturated rings. The minimum absolute atomic E-state index is 0.0771. The summed E-state index contributed by atoms with van der Waals surface area (Å²) in [5, 5.41) is 5.40. The van der Waals surface area contributed by atoms with Crippen LogP contribution in [0.25, 0.3) is 0 Å². The van der Waals surface area contributed by atoms with Gasteiger partial charge in [0.15, 0.2) is 0 Å². The molecule has 3 amide bonds. The first-order valence-electron chi connectivity index (χ1n) is 12.5. The molecule has 1 aliphatic heterocycles. The van der Waals surface area contributed by atoms with Crippen molar-refractivity contribution < 1.29 is 28.7 Å². The number of rotatable bonds is 9. The zero-order valence-electron chi connectivity index (χ0n) is 22.6. The summed E-state index contributed by atoms with van der Waals surface area (Å²) in [6, 6.07) is 7.65. The van der Waals surface area contributed by atoms with Crippen molar-refractivity contribution in [3.63, 3.8) is 0 Å². The molecule has 1 heterocycles. The Morgan fingerprint density at radius 2 is 1.69 bits per heavy atom. The molecule has 0 bridgehead atoms. The normalized spacial score (nSPS) is 16.9. The summed E-state index contributed by atoms with van der Waals surface area (Å²) in [7, 11) is 0. The highest BCUT2D eigenvalue weighted by molar-refractivity contribution is 5.95.